The van der Waals surface area contributed by atoms with Crippen molar-refractivity contribution in [2.45, 2.75) is 0 Å². The molecule has 0 aliphatic rings. The van der Waals surface area contributed by atoms with E-state index in [4.69, 9.17) is 34.9 Å². The Labute approximate surface area is 789 Å². The minimum Gasteiger partial charge on any atom is -0.309 e. The molecular weight excluding hydrogens is 1690 g/mol. The molecule has 0 spiro atoms. The monoisotopic (exact) mass is 1760 g/mol. The first-order valence-electron chi connectivity index (χ1n) is 46.2. The normalized spacial score (nSPS) is 11.8. The third kappa shape index (κ3) is 13.4. The molecule has 18 aromatic carbocycles. The number of fused-ring (bicyclic) bond motifs is 30. The van der Waals surface area contributed by atoms with Gasteiger partial charge in [-0.2, -0.15) is 0 Å². The molecule has 0 amide bonds. The van der Waals surface area contributed by atoms with Crippen LogP contribution in [-0.4, -0.2) is 52.7 Å². The Hall–Kier alpha value is -18.2. The molecule has 0 radical (unpaired) electrons. The highest BCUT2D eigenvalue weighted by Crippen LogP contribution is 2.46. The molecule has 11 aromatic heterocycles. The van der Waals surface area contributed by atoms with Gasteiger partial charge in [0, 0.05) is 128 Å². The van der Waals surface area contributed by atoms with Crippen molar-refractivity contribution in [3.63, 3.8) is 0 Å². The van der Waals surface area contributed by atoms with Gasteiger partial charge in [-0.3, -0.25) is 23.2 Å². The second-order valence-electron chi connectivity index (χ2n) is 35.1. The van der Waals surface area contributed by atoms with E-state index in [0.717, 1.165) is 144 Å². The zero-order valence-electron chi connectivity index (χ0n) is 73.8. The van der Waals surface area contributed by atoms with Crippen molar-refractivity contribution < 1.29 is 0 Å². The number of benzene rings is 18. The molecule has 0 aliphatic heterocycles. The first-order valence-corrected chi connectivity index (χ1v) is 47.0. The average molecular weight is 1770 g/mol. The molecule has 0 bridgehead atoms. The predicted octanol–water partition coefficient (Wildman–Crippen LogP) is 32.4. The fourth-order valence-electron chi connectivity index (χ4n) is 20.7. The fraction of sp³-hybridized carbons (Fsp3) is 0. The molecule has 29 rings (SSSR count). The molecule has 0 N–H and O–H groups in total. The van der Waals surface area contributed by atoms with Crippen LogP contribution in [-0.2, 0) is 0 Å². The maximum absolute atomic E-state index is 5.13. The first-order chi connectivity index (χ1) is 67.9. The van der Waals surface area contributed by atoms with E-state index in [0.29, 0.717) is 5.82 Å². The zero-order chi connectivity index (χ0) is 90.1. The quantitative estimate of drug-likeness (QED) is 0.126. The van der Waals surface area contributed by atoms with Gasteiger partial charge < -0.3 is 4.57 Å². The van der Waals surface area contributed by atoms with E-state index in [1.807, 2.05) is 78.3 Å². The number of pyridine rings is 5. The van der Waals surface area contributed by atoms with Crippen LogP contribution in [0.2, 0.25) is 0 Å². The Morgan fingerprint density at radius 3 is 0.971 bits per heavy atom. The van der Waals surface area contributed by atoms with Crippen LogP contribution in [0.3, 0.4) is 0 Å². The second-order valence-corrected chi connectivity index (χ2v) is 36.2. The highest BCUT2D eigenvalue weighted by Gasteiger charge is 2.24. The summed E-state index contributed by atoms with van der Waals surface area (Å²) in [7, 11) is 0. The molecule has 11 heterocycles. The van der Waals surface area contributed by atoms with Crippen LogP contribution in [0.25, 0.3) is 263 Å². The molecule has 0 unspecified atom stereocenters. The summed E-state index contributed by atoms with van der Waals surface area (Å²) in [6, 6.07) is 155. The highest BCUT2D eigenvalue weighted by molar-refractivity contribution is 7.25. The number of thiophene rings is 1. The van der Waals surface area contributed by atoms with Gasteiger partial charge in [-0.1, -0.05) is 309 Å². The molecule has 11 nitrogen and oxygen atoms in total. The largest absolute Gasteiger partial charge is 0.309 e. The molecule has 638 valence electrons. The molecule has 137 heavy (non-hydrogen) atoms. The van der Waals surface area contributed by atoms with Gasteiger partial charge in [0.15, 0.2) is 5.82 Å². The number of rotatable bonds is 10. The zero-order valence-corrected chi connectivity index (χ0v) is 74.6. The average Bonchev–Trinajstić information content (AvgIpc) is 1.63. The number of para-hydroxylation sites is 2. The van der Waals surface area contributed by atoms with Crippen LogP contribution in [0.4, 0.5) is 0 Å². The van der Waals surface area contributed by atoms with Crippen molar-refractivity contribution >= 4 is 168 Å². The molecule has 0 aliphatic carbocycles. The van der Waals surface area contributed by atoms with E-state index in [-0.39, 0.29) is 0 Å². The lowest BCUT2D eigenvalue weighted by molar-refractivity contribution is 1.16. The van der Waals surface area contributed by atoms with Crippen molar-refractivity contribution in [1.29, 1.82) is 0 Å². The standard InChI is InChI=1S/C42H26N4.C42H25N3S.C41H26N4/c1-2-10-27(11-3-1)28-17-19-33-35(24-28)36-25-29(18-20-34(36)42-41(33)44-40-16-8-9-23-45(40)42)37-26-30(21-22-43-37)46-38-14-6-4-12-31(38)32-13-5-7-15-39(32)46;1-2-8-26(9-3-1)27-14-17-33-35(22-27)36-23-30(15-18-34(36)42-41(33)44-40-12-6-7-21-45(40)42)37-24-29(19-20-43-37)28-13-16-32-31-10-4-5-11-38(31)46-39(32)25-28;1-4-12-27(13-5-1)30-19-21-32-34(24-30)35-25-31(20-22-33(35)40-39(32)44-38-18-10-11-23-45(38)40)41-42-36(28-14-6-2-7-15-28)26-37(43-41)29-16-8-3-9-17-29/h1-26H;1-25H;1-26H. The summed E-state index contributed by atoms with van der Waals surface area (Å²) in [4.78, 5) is 35.4. The fourth-order valence-corrected chi connectivity index (χ4v) is 21.9. The van der Waals surface area contributed by atoms with Gasteiger partial charge in [-0.25, -0.2) is 24.9 Å². The van der Waals surface area contributed by atoms with E-state index in [2.05, 4.69) is 419 Å². The topological polar surface area (TPSA) is 108 Å². The first kappa shape index (κ1) is 78.6. The number of hydrogen-bond acceptors (Lipinski definition) is 8. The lowest BCUT2D eigenvalue weighted by Gasteiger charge is -2.13. The van der Waals surface area contributed by atoms with Gasteiger partial charge >= 0.3 is 0 Å². The van der Waals surface area contributed by atoms with Crippen molar-refractivity contribution in [2.24, 2.45) is 0 Å². The lowest BCUT2D eigenvalue weighted by atomic mass is 9.94. The number of imidazole rings is 3. The molecule has 0 fully saturated rings. The number of hydrogen-bond donors (Lipinski definition) is 0. The van der Waals surface area contributed by atoms with E-state index in [9.17, 15) is 0 Å². The third-order valence-corrected chi connectivity index (χ3v) is 28.3. The minimum atomic E-state index is 0.697. The summed E-state index contributed by atoms with van der Waals surface area (Å²) >= 11 is 1.85. The Bertz CT molecular complexity index is 9830. The smallest absolute Gasteiger partial charge is 0.160 e. The van der Waals surface area contributed by atoms with Crippen molar-refractivity contribution in [3.05, 3.63) is 468 Å². The predicted molar refractivity (Wildman–Crippen MR) is 570 cm³/mol. The summed E-state index contributed by atoms with van der Waals surface area (Å²) in [6.07, 6.45) is 10.2. The van der Waals surface area contributed by atoms with E-state index < -0.39 is 0 Å². The second kappa shape index (κ2) is 32.4. The maximum atomic E-state index is 5.13. The Morgan fingerprint density at radius 2 is 0.511 bits per heavy atom. The van der Waals surface area contributed by atoms with Gasteiger partial charge in [0.05, 0.1) is 66.9 Å². The van der Waals surface area contributed by atoms with Crippen LogP contribution in [0.5, 0.6) is 0 Å². The summed E-state index contributed by atoms with van der Waals surface area (Å²) in [5.41, 5.74) is 31.2. The van der Waals surface area contributed by atoms with Gasteiger partial charge in [-0.15, -0.1) is 11.3 Å². The summed E-state index contributed by atoms with van der Waals surface area (Å²) in [5.74, 6) is 0.697. The van der Waals surface area contributed by atoms with Crippen LogP contribution in [0.1, 0.15) is 0 Å². The van der Waals surface area contributed by atoms with Gasteiger partial charge in [0.2, 0.25) is 0 Å². The number of aromatic nitrogens is 11. The maximum Gasteiger partial charge on any atom is 0.160 e. The van der Waals surface area contributed by atoms with E-state index in [1.165, 1.54) is 113 Å². The van der Waals surface area contributed by atoms with Crippen LogP contribution in [0, 0.1) is 0 Å². The molecule has 0 atom stereocenters. The molecule has 12 heteroatoms. The van der Waals surface area contributed by atoms with Gasteiger partial charge in [-0.05, 0) is 204 Å². The van der Waals surface area contributed by atoms with E-state index in [1.54, 1.807) is 0 Å². The molecule has 29 aromatic rings. The van der Waals surface area contributed by atoms with Crippen LogP contribution >= 0.6 is 11.3 Å². The van der Waals surface area contributed by atoms with E-state index >= 15 is 0 Å². The van der Waals surface area contributed by atoms with Gasteiger partial charge in [0.1, 0.15) is 16.9 Å². The third-order valence-electron chi connectivity index (χ3n) is 27.2. The number of nitrogens with zero attached hydrogens (tertiary/aromatic N) is 11. The Balaban J connectivity index is 0.000000104. The molecular formula is C125H77N11S. The van der Waals surface area contributed by atoms with Crippen molar-refractivity contribution in [3.8, 4) is 107 Å². The van der Waals surface area contributed by atoms with Gasteiger partial charge in [0.25, 0.3) is 0 Å². The summed E-state index contributed by atoms with van der Waals surface area (Å²) in [6.45, 7) is 0. The molecule has 0 saturated carbocycles. The Morgan fingerprint density at radius 1 is 0.182 bits per heavy atom. The lowest BCUT2D eigenvalue weighted by Crippen LogP contribution is -1.96. The summed E-state index contributed by atoms with van der Waals surface area (Å²) < 4.78 is 11.6. The van der Waals surface area contributed by atoms with Crippen molar-refractivity contribution in [2.75, 3.05) is 0 Å². The van der Waals surface area contributed by atoms with Crippen LogP contribution < -0.4 is 0 Å². The summed E-state index contributed by atoms with van der Waals surface area (Å²) in [5, 5.41) is 19.1. The van der Waals surface area contributed by atoms with Crippen molar-refractivity contribution in [1.82, 2.24) is 52.7 Å². The minimum absolute atomic E-state index is 0.697. The highest BCUT2D eigenvalue weighted by atomic mass is 32.1. The van der Waals surface area contributed by atoms with Crippen LogP contribution in [0.15, 0.2) is 468 Å². The SMILES string of the molecule is c1ccc(-c2ccc3c(c2)c2cc(-c4cc(-c5ccc6c(c5)sc5ccccc56)ccn4)ccc2c2c3nc3ccccn32)cc1.c1ccc(-c2ccc3c(c2)c2cc(-c4cc(-n5c6ccccc6c6ccccc65)ccn4)ccc2c2c3nc3ccccn32)cc1.c1ccc(-c2ccc3c(c2)c2cc(-c4nc(-c5ccccc5)cc(-c5ccccc5)n4)ccc2c2c3nc3ccccn32)cc1. The molecule has 0 saturated heterocycles. The Kier molecular flexibility index (Phi) is 18.6.